The molecular formula is C12H15N5O. The molecule has 2 heterocycles. The van der Waals surface area contributed by atoms with Gasteiger partial charge in [-0.1, -0.05) is 0 Å². The third kappa shape index (κ3) is 2.17. The van der Waals surface area contributed by atoms with Gasteiger partial charge in [0.15, 0.2) is 0 Å². The van der Waals surface area contributed by atoms with E-state index in [4.69, 9.17) is 11.5 Å². The van der Waals surface area contributed by atoms with E-state index in [9.17, 15) is 4.79 Å². The van der Waals surface area contributed by atoms with Crippen LogP contribution in [-0.4, -0.2) is 20.7 Å². The maximum absolute atomic E-state index is 11.0. The number of anilines is 1. The molecule has 6 nitrogen and oxygen atoms in total. The van der Waals surface area contributed by atoms with Gasteiger partial charge in [0.25, 0.3) is 5.91 Å². The van der Waals surface area contributed by atoms with E-state index in [-0.39, 0.29) is 0 Å². The normalized spacial score (nSPS) is 10.6. The van der Waals surface area contributed by atoms with E-state index in [1.165, 1.54) is 6.20 Å². The maximum Gasteiger partial charge on any atom is 0.251 e. The Bertz CT molecular complexity index is 603. The summed E-state index contributed by atoms with van der Waals surface area (Å²) in [4.78, 5) is 15.3. The summed E-state index contributed by atoms with van der Waals surface area (Å²) in [5, 5.41) is 4.06. The van der Waals surface area contributed by atoms with Gasteiger partial charge < -0.3 is 11.5 Å². The molecule has 1 amide bonds. The van der Waals surface area contributed by atoms with Crippen molar-refractivity contribution in [1.82, 2.24) is 14.8 Å². The van der Waals surface area contributed by atoms with Crippen molar-refractivity contribution in [3.8, 4) is 0 Å². The summed E-state index contributed by atoms with van der Waals surface area (Å²) in [5.41, 5.74) is 15.0. The number of rotatable bonds is 3. The third-order valence-electron chi connectivity index (χ3n) is 2.91. The van der Waals surface area contributed by atoms with Crippen LogP contribution in [0.3, 0.4) is 0 Å². The first-order chi connectivity index (χ1) is 8.49. The van der Waals surface area contributed by atoms with Gasteiger partial charge in [0.05, 0.1) is 24.0 Å². The summed E-state index contributed by atoms with van der Waals surface area (Å²) < 4.78 is 1.62. The highest BCUT2D eigenvalue weighted by atomic mass is 16.1. The Labute approximate surface area is 105 Å². The number of aromatic nitrogens is 3. The summed E-state index contributed by atoms with van der Waals surface area (Å²) in [6.45, 7) is 4.30. The summed E-state index contributed by atoms with van der Waals surface area (Å²) in [6.07, 6.45) is 4.77. The zero-order valence-corrected chi connectivity index (χ0v) is 10.3. The zero-order chi connectivity index (χ0) is 13.3. The molecule has 0 fully saturated rings. The van der Waals surface area contributed by atoms with Crippen molar-refractivity contribution in [3.63, 3.8) is 0 Å². The second-order valence-electron chi connectivity index (χ2n) is 4.22. The van der Waals surface area contributed by atoms with Gasteiger partial charge in [-0.15, -0.1) is 0 Å². The Morgan fingerprint density at radius 3 is 2.72 bits per heavy atom. The van der Waals surface area contributed by atoms with Crippen LogP contribution in [0.25, 0.3) is 0 Å². The van der Waals surface area contributed by atoms with Gasteiger partial charge in [0, 0.05) is 18.1 Å². The van der Waals surface area contributed by atoms with E-state index < -0.39 is 5.91 Å². The number of pyridine rings is 1. The van der Waals surface area contributed by atoms with Gasteiger partial charge >= 0.3 is 0 Å². The number of hydrogen-bond acceptors (Lipinski definition) is 4. The van der Waals surface area contributed by atoms with Gasteiger partial charge in [0.2, 0.25) is 0 Å². The van der Waals surface area contributed by atoms with Gasteiger partial charge in [0.1, 0.15) is 0 Å². The number of nitrogens with two attached hydrogens (primary N) is 2. The van der Waals surface area contributed by atoms with Gasteiger partial charge in [-0.2, -0.15) is 5.10 Å². The number of aryl methyl sites for hydroxylation is 1. The Hall–Kier alpha value is -2.37. The Balaban J connectivity index is 2.28. The van der Waals surface area contributed by atoms with Crippen molar-refractivity contribution in [3.05, 3.63) is 41.0 Å². The van der Waals surface area contributed by atoms with Crippen molar-refractivity contribution in [2.45, 2.75) is 20.4 Å². The molecule has 6 heteroatoms. The molecule has 0 radical (unpaired) electrons. The highest BCUT2D eigenvalue weighted by Gasteiger charge is 2.09. The largest absolute Gasteiger partial charge is 0.398 e. The average molecular weight is 245 g/mol. The van der Waals surface area contributed by atoms with E-state index in [0.29, 0.717) is 12.1 Å². The third-order valence-corrected chi connectivity index (χ3v) is 2.91. The molecule has 2 aromatic rings. The van der Waals surface area contributed by atoms with Crippen molar-refractivity contribution >= 4 is 11.6 Å². The van der Waals surface area contributed by atoms with Crippen molar-refractivity contribution in [1.29, 1.82) is 0 Å². The van der Waals surface area contributed by atoms with Crippen LogP contribution in [0.1, 0.15) is 27.2 Å². The van der Waals surface area contributed by atoms with E-state index in [2.05, 4.69) is 10.1 Å². The molecule has 18 heavy (non-hydrogen) atoms. The van der Waals surface area contributed by atoms with Crippen LogP contribution < -0.4 is 11.5 Å². The number of hydrogen-bond donors (Lipinski definition) is 2. The Morgan fingerprint density at radius 2 is 2.11 bits per heavy atom. The maximum atomic E-state index is 11.0. The van der Waals surface area contributed by atoms with Crippen LogP contribution in [-0.2, 0) is 6.54 Å². The monoisotopic (exact) mass is 245 g/mol. The SMILES string of the molecule is Cc1cnc(Cn2cc(C(N)=O)cn2)c(C)c1N. The highest BCUT2D eigenvalue weighted by Crippen LogP contribution is 2.18. The van der Waals surface area contributed by atoms with Gasteiger partial charge in [-0.05, 0) is 25.0 Å². The summed E-state index contributed by atoms with van der Waals surface area (Å²) in [7, 11) is 0. The van der Waals surface area contributed by atoms with Crippen LogP contribution >= 0.6 is 0 Å². The number of amides is 1. The minimum Gasteiger partial charge on any atom is -0.398 e. The number of carbonyl (C=O) groups is 1. The molecule has 0 atom stereocenters. The van der Waals surface area contributed by atoms with Gasteiger partial charge in [-0.25, -0.2) is 0 Å². The molecule has 94 valence electrons. The number of nitrogens with zero attached hydrogens (tertiary/aromatic N) is 3. The van der Waals surface area contributed by atoms with Crippen LogP contribution in [0.2, 0.25) is 0 Å². The van der Waals surface area contributed by atoms with Gasteiger partial charge in [-0.3, -0.25) is 14.5 Å². The van der Waals surface area contributed by atoms with E-state index in [1.807, 2.05) is 13.8 Å². The first-order valence-electron chi connectivity index (χ1n) is 5.52. The van der Waals surface area contributed by atoms with E-state index >= 15 is 0 Å². The molecule has 2 aromatic heterocycles. The topological polar surface area (TPSA) is 99.8 Å². The zero-order valence-electron chi connectivity index (χ0n) is 10.3. The van der Waals surface area contributed by atoms with Crippen molar-refractivity contribution < 1.29 is 4.79 Å². The second kappa shape index (κ2) is 4.48. The molecule has 4 N–H and O–H groups in total. The lowest BCUT2D eigenvalue weighted by molar-refractivity contribution is 0.1000. The van der Waals surface area contributed by atoms with Crippen LogP contribution in [0.15, 0.2) is 18.6 Å². The fraction of sp³-hybridized carbons (Fsp3) is 0.250. The lowest BCUT2D eigenvalue weighted by atomic mass is 10.1. The number of nitrogen functional groups attached to an aromatic ring is 1. The van der Waals surface area contributed by atoms with Crippen LogP contribution in [0, 0.1) is 13.8 Å². The molecule has 0 bridgehead atoms. The molecule has 0 aliphatic heterocycles. The molecule has 0 saturated heterocycles. The summed E-state index contributed by atoms with van der Waals surface area (Å²) >= 11 is 0. The van der Waals surface area contributed by atoms with Crippen LogP contribution in [0.4, 0.5) is 5.69 Å². The lowest BCUT2D eigenvalue weighted by Gasteiger charge is -2.09. The minimum atomic E-state index is -0.491. The highest BCUT2D eigenvalue weighted by molar-refractivity contribution is 5.92. The quantitative estimate of drug-likeness (QED) is 0.828. The van der Waals surface area contributed by atoms with Crippen molar-refractivity contribution in [2.24, 2.45) is 5.73 Å². The lowest BCUT2D eigenvalue weighted by Crippen LogP contribution is -2.10. The molecule has 0 unspecified atom stereocenters. The Morgan fingerprint density at radius 1 is 1.39 bits per heavy atom. The second-order valence-corrected chi connectivity index (χ2v) is 4.22. The molecule has 2 rings (SSSR count). The van der Waals surface area contributed by atoms with E-state index in [1.54, 1.807) is 17.1 Å². The molecule has 0 saturated carbocycles. The first-order valence-corrected chi connectivity index (χ1v) is 5.52. The van der Waals surface area contributed by atoms with E-state index in [0.717, 1.165) is 22.5 Å². The predicted octanol–water partition coefficient (Wildman–Crippen LogP) is 0.624. The number of carbonyl (C=O) groups excluding carboxylic acids is 1. The van der Waals surface area contributed by atoms with Crippen molar-refractivity contribution in [2.75, 3.05) is 5.73 Å². The Kier molecular flexibility index (Phi) is 3.01. The number of primary amides is 1. The predicted molar refractivity (Wildman–Crippen MR) is 68.0 cm³/mol. The van der Waals surface area contributed by atoms with Crippen LogP contribution in [0.5, 0.6) is 0 Å². The molecule has 0 spiro atoms. The molecule has 0 aliphatic rings. The smallest absolute Gasteiger partial charge is 0.251 e. The minimum absolute atomic E-state index is 0.382. The molecular weight excluding hydrogens is 230 g/mol. The standard InChI is InChI=1S/C12H15N5O/c1-7-3-15-10(8(2)11(7)13)6-17-5-9(4-16-17)12(14)18/h3-5H,6H2,1-2H3,(H2,13,15)(H2,14,18). The summed E-state index contributed by atoms with van der Waals surface area (Å²) in [5.74, 6) is -0.491. The fourth-order valence-corrected chi connectivity index (χ4v) is 1.68. The fourth-order valence-electron chi connectivity index (χ4n) is 1.68. The average Bonchev–Trinajstić information content (AvgIpc) is 2.79. The first kappa shape index (κ1) is 12.1. The molecule has 0 aromatic carbocycles. The summed E-state index contributed by atoms with van der Waals surface area (Å²) in [6, 6.07) is 0. The molecule has 0 aliphatic carbocycles.